The van der Waals surface area contributed by atoms with Gasteiger partial charge in [-0.1, -0.05) is 18.2 Å². The molecule has 0 aromatic heterocycles. The number of rotatable bonds is 7. The molecule has 0 bridgehead atoms. The number of carbonyl (C=O) groups excluding carboxylic acids is 1. The smallest absolute Gasteiger partial charge is 0.289 e. The molecule has 0 aliphatic heterocycles. The molecular formula is C17H15ClN2O4. The van der Waals surface area contributed by atoms with Crippen LogP contribution in [0.5, 0.6) is 5.75 Å². The van der Waals surface area contributed by atoms with Gasteiger partial charge in [0.25, 0.3) is 5.69 Å². The van der Waals surface area contributed by atoms with Crippen LogP contribution in [0, 0.1) is 10.1 Å². The molecule has 0 fully saturated rings. The fourth-order valence-corrected chi connectivity index (χ4v) is 2.24. The lowest BCUT2D eigenvalue weighted by Gasteiger charge is -2.10. The average Bonchev–Trinajstić information content (AvgIpc) is 2.56. The van der Waals surface area contributed by atoms with Crippen LogP contribution in [0.15, 0.2) is 54.7 Å². The van der Waals surface area contributed by atoms with Crippen molar-refractivity contribution in [2.24, 2.45) is 0 Å². The van der Waals surface area contributed by atoms with Crippen molar-refractivity contribution in [1.82, 2.24) is 0 Å². The van der Waals surface area contributed by atoms with Crippen LogP contribution in [0.3, 0.4) is 0 Å². The number of nitrogens with zero attached hydrogens (tertiary/aromatic N) is 1. The van der Waals surface area contributed by atoms with Crippen molar-refractivity contribution in [2.45, 2.75) is 6.42 Å². The number of carbonyl (C=O) groups is 1. The lowest BCUT2D eigenvalue weighted by molar-refractivity contribution is -0.384. The molecule has 2 aromatic rings. The third-order valence-electron chi connectivity index (χ3n) is 3.25. The molecule has 0 amide bonds. The van der Waals surface area contributed by atoms with Crippen LogP contribution in [-0.2, 0) is 0 Å². The topological polar surface area (TPSA) is 81.5 Å². The molecule has 6 nitrogen and oxygen atoms in total. The van der Waals surface area contributed by atoms with E-state index in [1.165, 1.54) is 12.1 Å². The predicted octanol–water partition coefficient (Wildman–Crippen LogP) is 4.46. The number of nitro benzene ring substituents is 1. The van der Waals surface area contributed by atoms with Crippen LogP contribution in [-0.4, -0.2) is 17.8 Å². The second kappa shape index (κ2) is 7.61. The predicted molar refractivity (Wildman–Crippen MR) is 92.8 cm³/mol. The van der Waals surface area contributed by atoms with E-state index >= 15 is 0 Å². The highest BCUT2D eigenvalue weighted by atomic mass is 35.5. The van der Waals surface area contributed by atoms with Crippen LogP contribution in [0.1, 0.15) is 16.8 Å². The van der Waals surface area contributed by atoms with Crippen LogP contribution in [0.25, 0.3) is 0 Å². The molecular weight excluding hydrogens is 332 g/mol. The third-order valence-corrected chi connectivity index (χ3v) is 3.57. The van der Waals surface area contributed by atoms with Crippen molar-refractivity contribution in [2.75, 3.05) is 12.4 Å². The summed E-state index contributed by atoms with van der Waals surface area (Å²) < 4.78 is 5.04. The third kappa shape index (κ3) is 4.33. The molecule has 0 heterocycles. The molecule has 24 heavy (non-hydrogen) atoms. The van der Waals surface area contributed by atoms with Crippen LogP contribution < -0.4 is 10.1 Å². The Balaban J connectivity index is 2.03. The summed E-state index contributed by atoms with van der Waals surface area (Å²) in [6, 6.07) is 11.0. The van der Waals surface area contributed by atoms with Crippen molar-refractivity contribution < 1.29 is 14.5 Å². The molecule has 124 valence electrons. The summed E-state index contributed by atoms with van der Waals surface area (Å²) in [7, 11) is 1.55. The van der Waals surface area contributed by atoms with Crippen LogP contribution >= 0.6 is 11.6 Å². The van der Waals surface area contributed by atoms with Crippen molar-refractivity contribution in [1.29, 1.82) is 0 Å². The normalized spacial score (nSPS) is 10.1. The van der Waals surface area contributed by atoms with Gasteiger partial charge in [-0.25, -0.2) is 0 Å². The minimum absolute atomic E-state index is 0.0467. The van der Waals surface area contributed by atoms with E-state index < -0.39 is 4.92 Å². The van der Waals surface area contributed by atoms with Crippen LogP contribution in [0.4, 0.5) is 11.4 Å². The summed E-state index contributed by atoms with van der Waals surface area (Å²) in [6.45, 7) is 3.79. The van der Waals surface area contributed by atoms with Gasteiger partial charge in [0.1, 0.15) is 10.8 Å². The minimum atomic E-state index is -0.571. The SMILES string of the molecule is C=C(CC(=O)c1ccc(OC)cc1)Nc1ccc(Cl)c([N+](=O)[O-])c1. The number of Topliss-reactive ketones (excluding diaryl/α,β-unsaturated/α-hetero) is 1. The molecule has 0 aliphatic rings. The Morgan fingerprint density at radius 2 is 1.96 bits per heavy atom. The molecule has 0 aliphatic carbocycles. The Morgan fingerprint density at radius 1 is 1.29 bits per heavy atom. The number of anilines is 1. The fourth-order valence-electron chi connectivity index (χ4n) is 2.05. The quantitative estimate of drug-likeness (QED) is 0.455. The second-order valence-corrected chi connectivity index (χ2v) is 5.39. The van der Waals surface area contributed by atoms with Gasteiger partial charge in [-0.15, -0.1) is 0 Å². The average molecular weight is 347 g/mol. The number of halogens is 1. The highest BCUT2D eigenvalue weighted by Crippen LogP contribution is 2.28. The van der Waals surface area contributed by atoms with E-state index in [2.05, 4.69) is 11.9 Å². The summed E-state index contributed by atoms with van der Waals surface area (Å²) >= 11 is 5.76. The molecule has 2 rings (SSSR count). The first kappa shape index (κ1) is 17.5. The van der Waals surface area contributed by atoms with Gasteiger partial charge in [0.2, 0.25) is 0 Å². The lowest BCUT2D eigenvalue weighted by Crippen LogP contribution is -2.06. The number of nitrogens with one attached hydrogen (secondary N) is 1. The number of benzene rings is 2. The van der Waals surface area contributed by atoms with Crippen molar-refractivity contribution in [3.63, 3.8) is 0 Å². The monoisotopic (exact) mass is 346 g/mol. The van der Waals surface area contributed by atoms with Crippen LogP contribution in [0.2, 0.25) is 5.02 Å². The number of hydrogen-bond donors (Lipinski definition) is 1. The molecule has 0 spiro atoms. The first-order chi connectivity index (χ1) is 11.4. The molecule has 0 unspecified atom stereocenters. The summed E-state index contributed by atoms with van der Waals surface area (Å²) in [5.74, 6) is 0.538. The van der Waals surface area contributed by atoms with Gasteiger partial charge in [0, 0.05) is 23.0 Å². The van der Waals surface area contributed by atoms with E-state index in [1.807, 2.05) is 0 Å². The van der Waals surface area contributed by atoms with Gasteiger partial charge in [0.05, 0.1) is 18.5 Å². The van der Waals surface area contributed by atoms with E-state index in [1.54, 1.807) is 37.4 Å². The Kier molecular flexibility index (Phi) is 5.55. The summed E-state index contributed by atoms with van der Waals surface area (Å²) in [5, 5.41) is 13.8. The lowest BCUT2D eigenvalue weighted by atomic mass is 10.1. The Labute approximate surface area is 143 Å². The first-order valence-electron chi connectivity index (χ1n) is 6.96. The molecule has 0 atom stereocenters. The van der Waals surface area contributed by atoms with E-state index in [0.717, 1.165) is 0 Å². The number of ether oxygens (including phenoxy) is 1. The van der Waals surface area contributed by atoms with E-state index in [0.29, 0.717) is 22.7 Å². The molecule has 7 heteroatoms. The molecule has 0 saturated heterocycles. The highest BCUT2D eigenvalue weighted by molar-refractivity contribution is 6.32. The van der Waals surface area contributed by atoms with Gasteiger partial charge in [-0.3, -0.25) is 14.9 Å². The van der Waals surface area contributed by atoms with E-state index in [4.69, 9.17) is 16.3 Å². The van der Waals surface area contributed by atoms with Gasteiger partial charge in [-0.05, 0) is 36.4 Å². The van der Waals surface area contributed by atoms with Gasteiger partial charge in [0.15, 0.2) is 5.78 Å². The number of nitro groups is 1. The molecule has 0 radical (unpaired) electrons. The molecule has 2 aromatic carbocycles. The highest BCUT2D eigenvalue weighted by Gasteiger charge is 2.14. The Morgan fingerprint density at radius 3 is 2.54 bits per heavy atom. The van der Waals surface area contributed by atoms with Crippen molar-refractivity contribution >= 4 is 28.8 Å². The summed E-state index contributed by atoms with van der Waals surface area (Å²) in [5.41, 5.74) is 1.18. The zero-order valence-corrected chi connectivity index (χ0v) is 13.7. The van der Waals surface area contributed by atoms with Crippen molar-refractivity contribution in [3.8, 4) is 5.75 Å². The fraction of sp³-hybridized carbons (Fsp3) is 0.118. The number of allylic oxidation sites excluding steroid dienone is 1. The first-order valence-corrected chi connectivity index (χ1v) is 7.34. The maximum atomic E-state index is 12.2. The Bertz CT molecular complexity index is 788. The van der Waals surface area contributed by atoms with Crippen molar-refractivity contribution in [3.05, 3.63) is 75.4 Å². The zero-order valence-electron chi connectivity index (χ0n) is 12.9. The standard InChI is InChI=1S/C17H15ClN2O4/c1-11(9-17(21)12-3-6-14(24-2)7-4-12)19-13-5-8-15(18)16(10-13)20(22)23/h3-8,10,19H,1,9H2,2H3. The Hall–Kier alpha value is -2.86. The second-order valence-electron chi connectivity index (χ2n) is 4.98. The van der Waals surface area contributed by atoms with E-state index in [9.17, 15) is 14.9 Å². The maximum absolute atomic E-state index is 12.2. The van der Waals surface area contributed by atoms with E-state index in [-0.39, 0.29) is 22.9 Å². The van der Waals surface area contributed by atoms with Gasteiger partial charge >= 0.3 is 0 Å². The number of ketones is 1. The largest absolute Gasteiger partial charge is 0.497 e. The van der Waals surface area contributed by atoms with Gasteiger partial charge < -0.3 is 10.1 Å². The zero-order chi connectivity index (χ0) is 17.7. The summed E-state index contributed by atoms with van der Waals surface area (Å²) in [4.78, 5) is 22.5. The maximum Gasteiger partial charge on any atom is 0.289 e. The molecule has 1 N–H and O–H groups in total. The number of methoxy groups -OCH3 is 1. The summed E-state index contributed by atoms with van der Waals surface area (Å²) in [6.07, 6.45) is 0.0583. The number of hydrogen-bond acceptors (Lipinski definition) is 5. The van der Waals surface area contributed by atoms with Gasteiger partial charge in [-0.2, -0.15) is 0 Å². The minimum Gasteiger partial charge on any atom is -0.497 e. The molecule has 0 saturated carbocycles.